The number of nitrogens with one attached hydrogen (secondary N) is 1. The SMILES string of the molecule is CCCOc1ccc(OCC(=O)NCCc2ccc(OC)cc2)cc1. The zero-order valence-electron chi connectivity index (χ0n) is 14.8. The van der Waals surface area contributed by atoms with Gasteiger partial charge in [0.15, 0.2) is 6.61 Å². The first-order valence-electron chi connectivity index (χ1n) is 8.46. The second kappa shape index (κ2) is 10.2. The van der Waals surface area contributed by atoms with Crippen molar-refractivity contribution in [2.45, 2.75) is 19.8 Å². The molecule has 0 radical (unpaired) electrons. The topological polar surface area (TPSA) is 56.8 Å². The molecule has 0 aliphatic carbocycles. The Hall–Kier alpha value is -2.69. The van der Waals surface area contributed by atoms with Crippen LogP contribution in [0.15, 0.2) is 48.5 Å². The number of carbonyl (C=O) groups is 1. The number of carbonyl (C=O) groups excluding carboxylic acids is 1. The number of ether oxygens (including phenoxy) is 3. The highest BCUT2D eigenvalue weighted by atomic mass is 16.5. The molecule has 1 amide bonds. The third-order valence-corrected chi connectivity index (χ3v) is 3.56. The highest BCUT2D eigenvalue weighted by Gasteiger charge is 2.03. The van der Waals surface area contributed by atoms with Gasteiger partial charge in [-0.15, -0.1) is 0 Å². The first-order chi connectivity index (χ1) is 12.2. The summed E-state index contributed by atoms with van der Waals surface area (Å²) in [6.45, 7) is 3.32. The van der Waals surface area contributed by atoms with Gasteiger partial charge in [0.1, 0.15) is 17.2 Å². The van der Waals surface area contributed by atoms with Crippen LogP contribution in [0.5, 0.6) is 17.2 Å². The Morgan fingerprint density at radius 3 is 2.12 bits per heavy atom. The molecule has 1 N–H and O–H groups in total. The van der Waals surface area contributed by atoms with Crippen LogP contribution < -0.4 is 19.5 Å². The minimum Gasteiger partial charge on any atom is -0.497 e. The fourth-order valence-electron chi connectivity index (χ4n) is 2.19. The van der Waals surface area contributed by atoms with E-state index in [2.05, 4.69) is 12.2 Å². The maximum absolute atomic E-state index is 11.8. The molecule has 5 nitrogen and oxygen atoms in total. The molecule has 0 heterocycles. The Bertz CT molecular complexity index is 638. The lowest BCUT2D eigenvalue weighted by Gasteiger charge is -2.09. The largest absolute Gasteiger partial charge is 0.497 e. The molecule has 5 heteroatoms. The van der Waals surface area contributed by atoms with Crippen LogP contribution in [-0.4, -0.2) is 32.8 Å². The summed E-state index contributed by atoms with van der Waals surface area (Å²) >= 11 is 0. The van der Waals surface area contributed by atoms with Crippen molar-refractivity contribution >= 4 is 5.91 Å². The van der Waals surface area contributed by atoms with Crippen molar-refractivity contribution < 1.29 is 19.0 Å². The Morgan fingerprint density at radius 1 is 0.920 bits per heavy atom. The molecule has 0 unspecified atom stereocenters. The molecule has 2 aromatic carbocycles. The lowest BCUT2D eigenvalue weighted by Crippen LogP contribution is -2.30. The van der Waals surface area contributed by atoms with Crippen LogP contribution in [0.25, 0.3) is 0 Å². The monoisotopic (exact) mass is 343 g/mol. The molecule has 0 spiro atoms. The van der Waals surface area contributed by atoms with Gasteiger partial charge in [-0.05, 0) is 54.8 Å². The minimum atomic E-state index is -0.139. The van der Waals surface area contributed by atoms with Crippen molar-refractivity contribution in [3.63, 3.8) is 0 Å². The van der Waals surface area contributed by atoms with Crippen molar-refractivity contribution in [3.05, 3.63) is 54.1 Å². The van der Waals surface area contributed by atoms with Crippen LogP contribution >= 0.6 is 0 Å². The molecule has 2 rings (SSSR count). The van der Waals surface area contributed by atoms with E-state index in [1.54, 1.807) is 19.2 Å². The Labute approximate surface area is 148 Å². The predicted molar refractivity (Wildman–Crippen MR) is 97.4 cm³/mol. The maximum atomic E-state index is 11.8. The van der Waals surface area contributed by atoms with Gasteiger partial charge >= 0.3 is 0 Å². The average Bonchev–Trinajstić information content (AvgIpc) is 2.66. The van der Waals surface area contributed by atoms with E-state index < -0.39 is 0 Å². The third kappa shape index (κ3) is 6.75. The van der Waals surface area contributed by atoms with E-state index in [-0.39, 0.29) is 12.5 Å². The van der Waals surface area contributed by atoms with E-state index >= 15 is 0 Å². The van der Waals surface area contributed by atoms with Gasteiger partial charge in [-0.25, -0.2) is 0 Å². The Balaban J connectivity index is 1.66. The van der Waals surface area contributed by atoms with Crippen LogP contribution in [0.4, 0.5) is 0 Å². The first kappa shape index (κ1) is 18.6. The number of methoxy groups -OCH3 is 1. The van der Waals surface area contributed by atoms with Gasteiger partial charge in [0.25, 0.3) is 5.91 Å². The average molecular weight is 343 g/mol. The molecule has 2 aromatic rings. The molecule has 0 aliphatic rings. The summed E-state index contributed by atoms with van der Waals surface area (Å²) in [5, 5.41) is 2.85. The van der Waals surface area contributed by atoms with Gasteiger partial charge in [-0.2, -0.15) is 0 Å². The Kier molecular flexibility index (Phi) is 7.63. The van der Waals surface area contributed by atoms with Crippen molar-refractivity contribution in [3.8, 4) is 17.2 Å². The molecule has 0 atom stereocenters. The van der Waals surface area contributed by atoms with Gasteiger partial charge in [-0.1, -0.05) is 19.1 Å². The van der Waals surface area contributed by atoms with Crippen LogP contribution in [0.2, 0.25) is 0 Å². The highest BCUT2D eigenvalue weighted by Crippen LogP contribution is 2.17. The summed E-state index contributed by atoms with van der Waals surface area (Å²) < 4.78 is 16.1. The van der Waals surface area contributed by atoms with Gasteiger partial charge in [0, 0.05) is 6.54 Å². The molecule has 0 saturated heterocycles. The number of hydrogen-bond acceptors (Lipinski definition) is 4. The molecule has 0 aromatic heterocycles. The van der Waals surface area contributed by atoms with Crippen molar-refractivity contribution in [1.82, 2.24) is 5.32 Å². The van der Waals surface area contributed by atoms with Crippen molar-refractivity contribution in [2.75, 3.05) is 26.9 Å². The van der Waals surface area contributed by atoms with Gasteiger partial charge in [0.05, 0.1) is 13.7 Å². The predicted octanol–water partition coefficient (Wildman–Crippen LogP) is 3.22. The second-order valence-corrected chi connectivity index (χ2v) is 5.56. The van der Waals surface area contributed by atoms with E-state index in [9.17, 15) is 4.79 Å². The lowest BCUT2D eigenvalue weighted by molar-refractivity contribution is -0.123. The van der Waals surface area contributed by atoms with Gasteiger partial charge in [-0.3, -0.25) is 4.79 Å². The summed E-state index contributed by atoms with van der Waals surface area (Å²) in [6.07, 6.45) is 1.73. The first-order valence-corrected chi connectivity index (χ1v) is 8.46. The summed E-state index contributed by atoms with van der Waals surface area (Å²) in [5.74, 6) is 2.14. The molecular formula is C20H25NO4. The van der Waals surface area contributed by atoms with Gasteiger partial charge in [0.2, 0.25) is 0 Å². The van der Waals surface area contributed by atoms with E-state index in [0.29, 0.717) is 18.9 Å². The standard InChI is InChI=1S/C20H25NO4/c1-3-14-24-18-8-10-19(11-9-18)25-15-20(22)21-13-12-16-4-6-17(23-2)7-5-16/h4-11H,3,12-15H2,1-2H3,(H,21,22). The van der Waals surface area contributed by atoms with Crippen molar-refractivity contribution in [1.29, 1.82) is 0 Å². The smallest absolute Gasteiger partial charge is 0.257 e. The van der Waals surface area contributed by atoms with Gasteiger partial charge < -0.3 is 19.5 Å². The third-order valence-electron chi connectivity index (χ3n) is 3.56. The van der Waals surface area contributed by atoms with Crippen LogP contribution in [0.1, 0.15) is 18.9 Å². The normalized spacial score (nSPS) is 10.2. The minimum absolute atomic E-state index is 0.00221. The van der Waals surface area contributed by atoms with E-state index in [0.717, 1.165) is 29.9 Å². The molecular weight excluding hydrogens is 318 g/mol. The highest BCUT2D eigenvalue weighted by molar-refractivity contribution is 5.77. The number of rotatable bonds is 10. The number of amides is 1. The molecule has 0 bridgehead atoms. The number of benzene rings is 2. The van der Waals surface area contributed by atoms with Crippen molar-refractivity contribution in [2.24, 2.45) is 0 Å². The van der Waals surface area contributed by atoms with Crippen LogP contribution in [-0.2, 0) is 11.2 Å². The fourth-order valence-corrected chi connectivity index (χ4v) is 2.19. The van der Waals surface area contributed by atoms with Crippen LogP contribution in [0.3, 0.4) is 0 Å². The molecule has 25 heavy (non-hydrogen) atoms. The van der Waals surface area contributed by atoms with E-state index in [1.807, 2.05) is 36.4 Å². The zero-order chi connectivity index (χ0) is 17.9. The molecule has 0 saturated carbocycles. The summed E-state index contributed by atoms with van der Waals surface area (Å²) in [5.41, 5.74) is 1.14. The quantitative estimate of drug-likeness (QED) is 0.720. The zero-order valence-corrected chi connectivity index (χ0v) is 14.8. The van der Waals surface area contributed by atoms with Crippen LogP contribution in [0, 0.1) is 0 Å². The molecule has 0 fully saturated rings. The second-order valence-electron chi connectivity index (χ2n) is 5.56. The molecule has 0 aliphatic heterocycles. The van der Waals surface area contributed by atoms with E-state index in [4.69, 9.17) is 14.2 Å². The lowest BCUT2D eigenvalue weighted by atomic mass is 10.1. The fraction of sp³-hybridized carbons (Fsp3) is 0.350. The number of hydrogen-bond donors (Lipinski definition) is 1. The summed E-state index contributed by atoms with van der Waals surface area (Å²) in [4.78, 5) is 11.8. The maximum Gasteiger partial charge on any atom is 0.257 e. The summed E-state index contributed by atoms with van der Waals surface area (Å²) in [7, 11) is 1.64. The Morgan fingerprint density at radius 2 is 1.52 bits per heavy atom. The molecule has 134 valence electrons. The van der Waals surface area contributed by atoms with E-state index in [1.165, 1.54) is 0 Å². The summed E-state index contributed by atoms with van der Waals surface area (Å²) in [6, 6.07) is 15.1.